The molecule has 0 aliphatic heterocycles. The lowest BCUT2D eigenvalue weighted by Crippen LogP contribution is -2.23. The molecule has 1 aromatic rings. The van der Waals surface area contributed by atoms with E-state index in [-0.39, 0.29) is 6.10 Å². The fraction of sp³-hybridized carbons (Fsp3) is 0.154. The smallest absolute Gasteiger partial charge is 0.365 e. The molecule has 118 valence electrons. The van der Waals surface area contributed by atoms with Gasteiger partial charge in [0.25, 0.3) is 0 Å². The zero-order valence-electron chi connectivity index (χ0n) is 11.6. The summed E-state index contributed by atoms with van der Waals surface area (Å²) in [5.41, 5.74) is 11.2. The average molecular weight is 325 g/mol. The van der Waals surface area contributed by atoms with Gasteiger partial charge in [0.1, 0.15) is 0 Å². The van der Waals surface area contributed by atoms with E-state index < -0.39 is 10.4 Å². The SMILES string of the molecule is COC1C=C(Nc2ccccc2)C=CC1=[N+]=[N-].O=S(=O)(O)O. The third kappa shape index (κ3) is 6.93. The number of nitrogens with one attached hydrogen (secondary N) is 1. The molecular weight excluding hydrogens is 310 g/mol. The van der Waals surface area contributed by atoms with Gasteiger partial charge in [-0.25, -0.2) is 0 Å². The first kappa shape index (κ1) is 17.8. The van der Waals surface area contributed by atoms with E-state index >= 15 is 0 Å². The summed E-state index contributed by atoms with van der Waals surface area (Å²) in [7, 11) is -3.09. The highest BCUT2D eigenvalue weighted by Crippen LogP contribution is 2.14. The third-order valence-electron chi connectivity index (χ3n) is 2.49. The van der Waals surface area contributed by atoms with Gasteiger partial charge in [0, 0.05) is 24.6 Å². The Balaban J connectivity index is 0.000000422. The molecule has 1 aromatic carbocycles. The number of anilines is 1. The molecule has 9 heteroatoms. The fourth-order valence-corrected chi connectivity index (χ4v) is 1.62. The van der Waals surface area contributed by atoms with Crippen LogP contribution in [0.25, 0.3) is 5.53 Å². The summed E-state index contributed by atoms with van der Waals surface area (Å²) in [5, 5.41) is 3.25. The molecule has 1 atom stereocenters. The van der Waals surface area contributed by atoms with Crippen LogP contribution in [0.5, 0.6) is 0 Å². The molecular formula is C13H15N3O5S. The maximum Gasteiger partial charge on any atom is 0.394 e. The predicted octanol–water partition coefficient (Wildman–Crippen LogP) is 1.59. The Hall–Kier alpha value is -2.29. The van der Waals surface area contributed by atoms with Crippen LogP contribution in [-0.4, -0.2) is 41.2 Å². The summed E-state index contributed by atoms with van der Waals surface area (Å²) in [6, 6.07) is 9.84. The van der Waals surface area contributed by atoms with Crippen molar-refractivity contribution in [3.05, 3.63) is 59.8 Å². The Bertz CT molecular complexity index is 698. The topological polar surface area (TPSA) is 132 Å². The Labute approximate surface area is 127 Å². The minimum atomic E-state index is -4.67. The maximum absolute atomic E-state index is 8.78. The molecule has 1 unspecified atom stereocenters. The van der Waals surface area contributed by atoms with Gasteiger partial charge in [-0.05, 0) is 24.3 Å². The zero-order valence-corrected chi connectivity index (χ0v) is 12.4. The average Bonchev–Trinajstić information content (AvgIpc) is 2.46. The van der Waals surface area contributed by atoms with Crippen LogP contribution in [0.2, 0.25) is 0 Å². The lowest BCUT2D eigenvalue weighted by molar-refractivity contribution is -0.0184. The van der Waals surface area contributed by atoms with E-state index in [0.717, 1.165) is 11.4 Å². The minimum Gasteiger partial charge on any atom is -0.365 e. The summed E-state index contributed by atoms with van der Waals surface area (Å²) >= 11 is 0. The number of ether oxygens (including phenoxy) is 1. The highest BCUT2D eigenvalue weighted by Gasteiger charge is 2.22. The summed E-state index contributed by atoms with van der Waals surface area (Å²) in [6.07, 6.45) is 5.11. The number of para-hydroxylation sites is 1. The van der Waals surface area contributed by atoms with Gasteiger partial charge in [-0.1, -0.05) is 18.2 Å². The van der Waals surface area contributed by atoms with E-state index in [1.54, 1.807) is 13.2 Å². The van der Waals surface area contributed by atoms with Gasteiger partial charge in [-0.3, -0.25) is 9.11 Å². The van der Waals surface area contributed by atoms with E-state index in [9.17, 15) is 0 Å². The second kappa shape index (κ2) is 8.23. The first-order valence-corrected chi connectivity index (χ1v) is 7.40. The van der Waals surface area contributed by atoms with Gasteiger partial charge in [-0.2, -0.15) is 13.2 Å². The first-order valence-electron chi connectivity index (χ1n) is 6.00. The van der Waals surface area contributed by atoms with E-state index in [4.69, 9.17) is 27.8 Å². The summed E-state index contributed by atoms with van der Waals surface area (Å²) in [4.78, 5) is 3.17. The Morgan fingerprint density at radius 2 is 1.82 bits per heavy atom. The molecule has 0 heterocycles. The summed E-state index contributed by atoms with van der Waals surface area (Å²) < 4.78 is 36.8. The van der Waals surface area contributed by atoms with Gasteiger partial charge in [-0.15, -0.1) is 0 Å². The minimum absolute atomic E-state index is 0.323. The Kier molecular flexibility index (Phi) is 6.64. The third-order valence-corrected chi connectivity index (χ3v) is 2.49. The molecule has 0 aromatic heterocycles. The van der Waals surface area contributed by atoms with E-state index in [0.29, 0.717) is 5.71 Å². The molecule has 0 radical (unpaired) electrons. The molecule has 0 saturated heterocycles. The van der Waals surface area contributed by atoms with Crippen LogP contribution in [0.4, 0.5) is 5.69 Å². The number of hydrogen-bond donors (Lipinski definition) is 3. The van der Waals surface area contributed by atoms with E-state index in [1.807, 2.05) is 42.5 Å². The van der Waals surface area contributed by atoms with Gasteiger partial charge < -0.3 is 15.6 Å². The molecule has 1 aliphatic carbocycles. The van der Waals surface area contributed by atoms with Crippen LogP contribution in [0.15, 0.2) is 54.3 Å². The molecule has 22 heavy (non-hydrogen) atoms. The first-order chi connectivity index (χ1) is 10.3. The lowest BCUT2D eigenvalue weighted by Gasteiger charge is -2.13. The summed E-state index contributed by atoms with van der Waals surface area (Å²) in [5.74, 6) is 0. The van der Waals surface area contributed by atoms with Crippen LogP contribution in [0, 0.1) is 0 Å². The molecule has 2 rings (SSSR count). The number of hydrogen-bond acceptors (Lipinski definition) is 4. The normalized spacial score (nSPS) is 17.0. The largest absolute Gasteiger partial charge is 0.394 e. The van der Waals surface area contributed by atoms with E-state index in [2.05, 4.69) is 10.1 Å². The number of allylic oxidation sites excluding steroid dienone is 1. The molecule has 1 aliphatic rings. The van der Waals surface area contributed by atoms with Crippen LogP contribution in [0.1, 0.15) is 0 Å². The lowest BCUT2D eigenvalue weighted by atomic mass is 10.1. The van der Waals surface area contributed by atoms with Crippen molar-refractivity contribution in [3.8, 4) is 0 Å². The van der Waals surface area contributed by atoms with Crippen LogP contribution in [0.3, 0.4) is 0 Å². The quantitative estimate of drug-likeness (QED) is 0.439. The zero-order chi connectivity index (χ0) is 16.6. The van der Waals surface area contributed by atoms with Crippen molar-refractivity contribution in [2.45, 2.75) is 6.10 Å². The Morgan fingerprint density at radius 1 is 1.23 bits per heavy atom. The van der Waals surface area contributed by atoms with Crippen LogP contribution < -0.4 is 5.32 Å². The van der Waals surface area contributed by atoms with Crippen molar-refractivity contribution in [2.75, 3.05) is 12.4 Å². The highest BCUT2D eigenvalue weighted by atomic mass is 32.3. The number of benzene rings is 1. The second-order valence-corrected chi connectivity index (χ2v) is 4.97. The van der Waals surface area contributed by atoms with Crippen molar-refractivity contribution in [1.29, 1.82) is 0 Å². The predicted molar refractivity (Wildman–Crippen MR) is 80.9 cm³/mol. The van der Waals surface area contributed by atoms with Gasteiger partial charge in [0.2, 0.25) is 0 Å². The number of rotatable bonds is 3. The Morgan fingerprint density at radius 3 is 2.32 bits per heavy atom. The fourth-order valence-electron chi connectivity index (χ4n) is 1.62. The van der Waals surface area contributed by atoms with E-state index in [1.165, 1.54) is 0 Å². The standard InChI is InChI=1S/C13H13N3O.H2O4S/c1-17-13-9-11(7-8-12(13)16-14)15-10-5-3-2-4-6-10;1-5(2,3)4/h2-9,13,15H,1H3;(H2,1,2,3,4). The molecule has 0 saturated carbocycles. The van der Waals surface area contributed by atoms with Crippen molar-refractivity contribution in [2.24, 2.45) is 0 Å². The van der Waals surface area contributed by atoms with Crippen molar-refractivity contribution in [3.63, 3.8) is 0 Å². The van der Waals surface area contributed by atoms with Crippen molar-refractivity contribution >= 4 is 21.8 Å². The molecule has 3 N–H and O–H groups in total. The molecule has 0 spiro atoms. The maximum atomic E-state index is 8.78. The van der Waals surface area contributed by atoms with Crippen LogP contribution in [-0.2, 0) is 15.1 Å². The van der Waals surface area contributed by atoms with Crippen molar-refractivity contribution in [1.82, 2.24) is 0 Å². The van der Waals surface area contributed by atoms with Crippen LogP contribution >= 0.6 is 0 Å². The number of methoxy groups -OCH3 is 1. The molecule has 0 fully saturated rings. The number of nitrogens with zero attached hydrogens (tertiary/aromatic N) is 2. The van der Waals surface area contributed by atoms with Gasteiger partial charge in [0.05, 0.1) is 0 Å². The van der Waals surface area contributed by atoms with Crippen molar-refractivity contribution < 1.29 is 27.1 Å². The monoisotopic (exact) mass is 325 g/mol. The molecule has 0 bridgehead atoms. The summed E-state index contributed by atoms with van der Waals surface area (Å²) in [6.45, 7) is 0. The highest BCUT2D eigenvalue weighted by molar-refractivity contribution is 7.79. The molecule has 8 nitrogen and oxygen atoms in total. The second-order valence-electron chi connectivity index (χ2n) is 4.08. The molecule has 0 amide bonds. The van der Waals surface area contributed by atoms with Gasteiger partial charge in [0.15, 0.2) is 6.10 Å². The van der Waals surface area contributed by atoms with Gasteiger partial charge >= 0.3 is 16.1 Å².